The Hall–Kier alpha value is -3.49. The summed E-state index contributed by atoms with van der Waals surface area (Å²) in [5, 5.41) is 4.82. The van der Waals surface area contributed by atoms with E-state index in [0.717, 1.165) is 11.1 Å². The van der Waals surface area contributed by atoms with Gasteiger partial charge in [-0.3, -0.25) is 14.4 Å². The molecule has 29 heavy (non-hydrogen) atoms. The fraction of sp³-hybridized carbons (Fsp3) is 0.250. The van der Waals surface area contributed by atoms with Gasteiger partial charge in [0.15, 0.2) is 6.61 Å². The minimum absolute atomic E-state index is 0.159. The maximum absolute atomic E-state index is 12.4. The molecular formula is C20H20F2N2O5. The lowest BCUT2D eigenvalue weighted by Gasteiger charge is -2.11. The average molecular weight is 406 g/mol. The number of esters is 1. The van der Waals surface area contributed by atoms with Crippen molar-refractivity contribution in [2.75, 3.05) is 18.5 Å². The molecule has 0 aliphatic carbocycles. The van der Waals surface area contributed by atoms with E-state index in [-0.39, 0.29) is 11.3 Å². The number of amides is 2. The van der Waals surface area contributed by atoms with Crippen LogP contribution >= 0.6 is 0 Å². The Morgan fingerprint density at radius 3 is 2.45 bits per heavy atom. The highest BCUT2D eigenvalue weighted by molar-refractivity contribution is 5.98. The minimum Gasteiger partial charge on any atom is -0.454 e. The van der Waals surface area contributed by atoms with Gasteiger partial charge in [0.05, 0.1) is 5.56 Å². The first-order chi connectivity index (χ1) is 13.8. The Morgan fingerprint density at radius 2 is 1.76 bits per heavy atom. The number of aryl methyl sites for hydroxylation is 2. The highest BCUT2D eigenvalue weighted by Crippen LogP contribution is 2.20. The summed E-state index contributed by atoms with van der Waals surface area (Å²) >= 11 is 0. The van der Waals surface area contributed by atoms with Gasteiger partial charge in [0.2, 0.25) is 0 Å². The van der Waals surface area contributed by atoms with Crippen LogP contribution in [0.1, 0.15) is 21.5 Å². The summed E-state index contributed by atoms with van der Waals surface area (Å²) in [4.78, 5) is 35.7. The van der Waals surface area contributed by atoms with Crippen LogP contribution in [0.2, 0.25) is 0 Å². The first kappa shape index (κ1) is 21.8. The maximum Gasteiger partial charge on any atom is 0.387 e. The molecule has 0 fully saturated rings. The van der Waals surface area contributed by atoms with E-state index in [9.17, 15) is 23.2 Å². The van der Waals surface area contributed by atoms with Crippen LogP contribution in [-0.2, 0) is 14.3 Å². The summed E-state index contributed by atoms with van der Waals surface area (Å²) in [5.41, 5.74) is 2.48. The topological polar surface area (TPSA) is 93.7 Å². The van der Waals surface area contributed by atoms with E-state index in [1.54, 1.807) is 12.1 Å². The largest absolute Gasteiger partial charge is 0.454 e. The summed E-state index contributed by atoms with van der Waals surface area (Å²) in [7, 11) is 0. The Balaban J connectivity index is 1.80. The van der Waals surface area contributed by atoms with Gasteiger partial charge in [-0.2, -0.15) is 8.78 Å². The predicted molar refractivity (Wildman–Crippen MR) is 101 cm³/mol. The van der Waals surface area contributed by atoms with Gasteiger partial charge in [0, 0.05) is 5.69 Å². The Kier molecular flexibility index (Phi) is 7.64. The zero-order valence-electron chi connectivity index (χ0n) is 15.8. The lowest BCUT2D eigenvalue weighted by Crippen LogP contribution is -2.32. The number of carbonyl (C=O) groups is 3. The third kappa shape index (κ3) is 6.87. The summed E-state index contributed by atoms with van der Waals surface area (Å²) in [6, 6.07) is 10.7. The smallest absolute Gasteiger partial charge is 0.387 e. The highest BCUT2D eigenvalue weighted by atomic mass is 19.3. The molecule has 0 spiro atoms. The molecule has 2 aromatic rings. The van der Waals surface area contributed by atoms with Gasteiger partial charge in [0.1, 0.15) is 12.3 Å². The van der Waals surface area contributed by atoms with Crippen molar-refractivity contribution in [1.82, 2.24) is 5.32 Å². The van der Waals surface area contributed by atoms with Crippen LogP contribution in [-0.4, -0.2) is 37.5 Å². The van der Waals surface area contributed by atoms with Crippen LogP contribution in [0.3, 0.4) is 0 Å². The summed E-state index contributed by atoms with van der Waals surface area (Å²) in [6.07, 6.45) is 0. The molecule has 0 bridgehead atoms. The van der Waals surface area contributed by atoms with E-state index in [1.807, 2.05) is 19.9 Å². The Morgan fingerprint density at radius 1 is 1.03 bits per heavy atom. The van der Waals surface area contributed by atoms with Crippen LogP contribution < -0.4 is 15.4 Å². The third-order valence-corrected chi connectivity index (χ3v) is 3.90. The molecule has 2 amide bonds. The molecule has 0 saturated heterocycles. The average Bonchev–Trinajstić information content (AvgIpc) is 2.67. The summed E-state index contributed by atoms with van der Waals surface area (Å²) in [6.45, 7) is -0.330. The van der Waals surface area contributed by atoms with Crippen LogP contribution in [0.15, 0.2) is 42.5 Å². The molecule has 7 nitrogen and oxygen atoms in total. The van der Waals surface area contributed by atoms with E-state index < -0.39 is 37.5 Å². The van der Waals surface area contributed by atoms with E-state index in [2.05, 4.69) is 15.4 Å². The molecular weight excluding hydrogens is 386 g/mol. The number of benzene rings is 2. The maximum atomic E-state index is 12.4. The van der Waals surface area contributed by atoms with Crippen molar-refractivity contribution in [1.29, 1.82) is 0 Å². The van der Waals surface area contributed by atoms with Crippen molar-refractivity contribution in [3.8, 4) is 5.75 Å². The lowest BCUT2D eigenvalue weighted by atomic mass is 10.1. The zero-order valence-corrected chi connectivity index (χ0v) is 15.8. The van der Waals surface area contributed by atoms with E-state index in [4.69, 9.17) is 4.74 Å². The predicted octanol–water partition coefficient (Wildman–Crippen LogP) is 2.82. The molecule has 2 N–H and O–H groups in total. The molecule has 0 heterocycles. The van der Waals surface area contributed by atoms with Gasteiger partial charge in [0.25, 0.3) is 11.8 Å². The third-order valence-electron chi connectivity index (χ3n) is 3.90. The first-order valence-electron chi connectivity index (χ1n) is 8.61. The van der Waals surface area contributed by atoms with Crippen molar-refractivity contribution in [3.05, 3.63) is 59.2 Å². The van der Waals surface area contributed by atoms with Gasteiger partial charge < -0.3 is 20.1 Å². The van der Waals surface area contributed by atoms with Gasteiger partial charge in [-0.25, -0.2) is 0 Å². The van der Waals surface area contributed by atoms with E-state index in [1.165, 1.54) is 24.3 Å². The molecule has 0 radical (unpaired) electrons. The standard InChI is InChI=1S/C20H20F2N2O5/c1-12-7-8-14(9-13(12)2)24-17(25)11-28-18(26)10-23-19(27)15-5-3-4-6-16(15)29-20(21)22/h3-9,20H,10-11H2,1-2H3,(H,23,27)(H,24,25). The minimum atomic E-state index is -3.09. The number of hydrogen-bond donors (Lipinski definition) is 2. The fourth-order valence-corrected chi connectivity index (χ4v) is 2.31. The van der Waals surface area contributed by atoms with Gasteiger partial charge in [-0.1, -0.05) is 18.2 Å². The molecule has 2 rings (SSSR count). The summed E-state index contributed by atoms with van der Waals surface area (Å²) in [5.74, 6) is -2.51. The van der Waals surface area contributed by atoms with Crippen molar-refractivity contribution in [2.24, 2.45) is 0 Å². The van der Waals surface area contributed by atoms with Crippen molar-refractivity contribution in [3.63, 3.8) is 0 Å². The number of para-hydroxylation sites is 1. The number of anilines is 1. The fourth-order valence-electron chi connectivity index (χ4n) is 2.31. The van der Waals surface area contributed by atoms with Gasteiger partial charge in [-0.15, -0.1) is 0 Å². The van der Waals surface area contributed by atoms with Crippen molar-refractivity contribution < 1.29 is 32.6 Å². The van der Waals surface area contributed by atoms with Gasteiger partial charge in [-0.05, 0) is 49.2 Å². The van der Waals surface area contributed by atoms with Gasteiger partial charge >= 0.3 is 12.6 Å². The van der Waals surface area contributed by atoms with Crippen LogP contribution in [0.25, 0.3) is 0 Å². The van der Waals surface area contributed by atoms with Crippen molar-refractivity contribution in [2.45, 2.75) is 20.5 Å². The number of alkyl halides is 2. The number of ether oxygens (including phenoxy) is 2. The van der Waals surface area contributed by atoms with Crippen LogP contribution in [0, 0.1) is 13.8 Å². The molecule has 0 aromatic heterocycles. The zero-order chi connectivity index (χ0) is 21.4. The van der Waals surface area contributed by atoms with E-state index >= 15 is 0 Å². The number of nitrogens with one attached hydrogen (secondary N) is 2. The number of carbonyl (C=O) groups excluding carboxylic acids is 3. The van der Waals surface area contributed by atoms with Crippen molar-refractivity contribution >= 4 is 23.5 Å². The second-order valence-corrected chi connectivity index (χ2v) is 6.07. The second kappa shape index (κ2) is 10.2. The van der Waals surface area contributed by atoms with Crippen LogP contribution in [0.5, 0.6) is 5.75 Å². The molecule has 154 valence electrons. The summed E-state index contributed by atoms with van der Waals surface area (Å²) < 4.78 is 33.8. The number of rotatable bonds is 8. The Bertz CT molecular complexity index is 902. The SMILES string of the molecule is Cc1ccc(NC(=O)COC(=O)CNC(=O)c2ccccc2OC(F)F)cc1C. The Labute approximate surface area is 166 Å². The molecule has 0 aliphatic rings. The number of hydrogen-bond acceptors (Lipinski definition) is 5. The second-order valence-electron chi connectivity index (χ2n) is 6.07. The molecule has 0 unspecified atom stereocenters. The quantitative estimate of drug-likeness (QED) is 0.658. The van der Waals surface area contributed by atoms with Crippen LogP contribution in [0.4, 0.5) is 14.5 Å². The lowest BCUT2D eigenvalue weighted by molar-refractivity contribution is -0.146. The van der Waals surface area contributed by atoms with E-state index in [0.29, 0.717) is 5.69 Å². The highest BCUT2D eigenvalue weighted by Gasteiger charge is 2.16. The normalized spacial score (nSPS) is 10.4. The molecule has 2 aromatic carbocycles. The molecule has 0 saturated carbocycles. The molecule has 0 aliphatic heterocycles. The molecule has 0 atom stereocenters. The number of halogens is 2. The monoisotopic (exact) mass is 406 g/mol. The molecule has 9 heteroatoms. The first-order valence-corrected chi connectivity index (χ1v) is 8.61.